The van der Waals surface area contributed by atoms with E-state index < -0.39 is 6.10 Å². The van der Waals surface area contributed by atoms with Crippen molar-refractivity contribution in [2.24, 2.45) is 5.16 Å². The first-order chi connectivity index (χ1) is 10.8. The normalized spacial score (nSPS) is 21.8. The molecule has 0 aliphatic carbocycles. The first-order valence-corrected chi connectivity index (χ1v) is 7.43. The second-order valence-electron chi connectivity index (χ2n) is 5.38. The SMILES string of the molecule is C=CC[C@@H](O)C1=NO[C@H](c2ccccc2)[C@H]1c1ccccc1. The minimum absolute atomic E-state index is 0.0847. The molecule has 3 nitrogen and oxygen atoms in total. The van der Waals surface area contributed by atoms with Crippen molar-refractivity contribution in [2.75, 3.05) is 0 Å². The predicted octanol–water partition coefficient (Wildman–Crippen LogP) is 3.83. The maximum atomic E-state index is 10.4. The summed E-state index contributed by atoms with van der Waals surface area (Å²) in [6, 6.07) is 20.1. The van der Waals surface area contributed by atoms with Gasteiger partial charge in [0.2, 0.25) is 0 Å². The van der Waals surface area contributed by atoms with Gasteiger partial charge in [-0.2, -0.15) is 0 Å². The van der Waals surface area contributed by atoms with Gasteiger partial charge in [-0.25, -0.2) is 0 Å². The third-order valence-corrected chi connectivity index (χ3v) is 3.91. The molecular formula is C19H19NO2. The summed E-state index contributed by atoms with van der Waals surface area (Å²) in [6.45, 7) is 3.69. The molecule has 0 aromatic heterocycles. The van der Waals surface area contributed by atoms with Crippen LogP contribution in [-0.2, 0) is 4.84 Å². The van der Waals surface area contributed by atoms with Gasteiger partial charge in [-0.15, -0.1) is 6.58 Å². The highest BCUT2D eigenvalue weighted by atomic mass is 16.6. The van der Waals surface area contributed by atoms with E-state index in [1.165, 1.54) is 0 Å². The molecule has 0 bridgehead atoms. The Morgan fingerprint density at radius 2 is 1.64 bits per heavy atom. The van der Waals surface area contributed by atoms with Gasteiger partial charge in [0.25, 0.3) is 0 Å². The number of nitrogens with zero attached hydrogens (tertiary/aromatic N) is 1. The predicted molar refractivity (Wildman–Crippen MR) is 87.7 cm³/mol. The number of hydrogen-bond donors (Lipinski definition) is 1. The molecule has 2 aromatic carbocycles. The summed E-state index contributed by atoms with van der Waals surface area (Å²) in [5.74, 6) is -0.0847. The van der Waals surface area contributed by atoms with Crippen LogP contribution in [0.4, 0.5) is 0 Å². The Bertz CT molecular complexity index is 652. The molecule has 0 saturated carbocycles. The van der Waals surface area contributed by atoms with E-state index in [2.05, 4.69) is 11.7 Å². The summed E-state index contributed by atoms with van der Waals surface area (Å²) in [5, 5.41) is 14.6. The molecule has 3 atom stereocenters. The van der Waals surface area contributed by atoms with Crippen LogP contribution in [0.5, 0.6) is 0 Å². The number of aliphatic hydroxyl groups excluding tert-OH is 1. The second-order valence-corrected chi connectivity index (χ2v) is 5.38. The van der Waals surface area contributed by atoms with Crippen LogP contribution in [-0.4, -0.2) is 16.9 Å². The molecule has 0 unspecified atom stereocenters. The molecule has 0 radical (unpaired) electrons. The molecule has 1 aliphatic heterocycles. The standard InChI is InChI=1S/C19H19NO2/c1-2-9-16(21)18-17(14-10-5-3-6-11-14)19(22-20-18)15-12-7-4-8-13-15/h2-8,10-13,16-17,19,21H,1,9H2/t16-,17+,19-/m1/s1. The van der Waals surface area contributed by atoms with Crippen molar-refractivity contribution in [3.05, 3.63) is 84.4 Å². The average molecular weight is 293 g/mol. The first kappa shape index (κ1) is 14.5. The molecule has 22 heavy (non-hydrogen) atoms. The highest BCUT2D eigenvalue weighted by Crippen LogP contribution is 2.41. The van der Waals surface area contributed by atoms with Gasteiger partial charge in [-0.3, -0.25) is 0 Å². The summed E-state index contributed by atoms with van der Waals surface area (Å²) in [7, 11) is 0. The van der Waals surface area contributed by atoms with Crippen LogP contribution in [0.2, 0.25) is 0 Å². The van der Waals surface area contributed by atoms with Gasteiger partial charge in [0.1, 0.15) is 0 Å². The molecule has 1 aliphatic rings. The topological polar surface area (TPSA) is 41.8 Å². The third-order valence-electron chi connectivity index (χ3n) is 3.91. The lowest BCUT2D eigenvalue weighted by molar-refractivity contribution is 0.0762. The zero-order chi connectivity index (χ0) is 15.4. The van der Waals surface area contributed by atoms with E-state index in [1.807, 2.05) is 60.7 Å². The van der Waals surface area contributed by atoms with Crippen molar-refractivity contribution >= 4 is 5.71 Å². The molecule has 2 aromatic rings. The summed E-state index contributed by atoms with van der Waals surface area (Å²) in [4.78, 5) is 5.68. The van der Waals surface area contributed by atoms with Crippen molar-refractivity contribution in [2.45, 2.75) is 24.5 Å². The van der Waals surface area contributed by atoms with Crippen LogP contribution in [0.3, 0.4) is 0 Å². The number of aliphatic hydroxyl groups is 1. The Balaban J connectivity index is 1.98. The van der Waals surface area contributed by atoms with E-state index in [4.69, 9.17) is 4.84 Å². The van der Waals surface area contributed by atoms with E-state index in [-0.39, 0.29) is 12.0 Å². The van der Waals surface area contributed by atoms with Gasteiger partial charge >= 0.3 is 0 Å². The van der Waals surface area contributed by atoms with Crippen LogP contribution in [0.1, 0.15) is 29.6 Å². The van der Waals surface area contributed by atoms with Gasteiger partial charge in [0.05, 0.1) is 17.7 Å². The molecule has 0 amide bonds. The Kier molecular flexibility index (Phi) is 4.35. The second kappa shape index (κ2) is 6.58. The lowest BCUT2D eigenvalue weighted by Gasteiger charge is -2.21. The molecule has 1 heterocycles. The fourth-order valence-electron chi connectivity index (χ4n) is 2.84. The molecule has 3 heteroatoms. The molecule has 112 valence electrons. The smallest absolute Gasteiger partial charge is 0.164 e. The van der Waals surface area contributed by atoms with Gasteiger partial charge in [-0.1, -0.05) is 71.9 Å². The lowest BCUT2D eigenvalue weighted by Crippen LogP contribution is -2.26. The highest BCUT2D eigenvalue weighted by molar-refractivity contribution is 5.96. The van der Waals surface area contributed by atoms with Crippen LogP contribution in [0, 0.1) is 0 Å². The Morgan fingerprint density at radius 3 is 2.23 bits per heavy atom. The van der Waals surface area contributed by atoms with Crippen LogP contribution < -0.4 is 0 Å². The van der Waals surface area contributed by atoms with Crippen LogP contribution in [0.25, 0.3) is 0 Å². The zero-order valence-electron chi connectivity index (χ0n) is 12.3. The number of hydrogen-bond acceptors (Lipinski definition) is 3. The maximum absolute atomic E-state index is 10.4. The molecule has 3 rings (SSSR count). The van der Waals surface area contributed by atoms with E-state index in [1.54, 1.807) is 6.08 Å². The van der Waals surface area contributed by atoms with Crippen LogP contribution >= 0.6 is 0 Å². The highest BCUT2D eigenvalue weighted by Gasteiger charge is 2.39. The van der Waals surface area contributed by atoms with E-state index in [0.717, 1.165) is 11.1 Å². The zero-order valence-corrected chi connectivity index (χ0v) is 12.3. The van der Waals surface area contributed by atoms with Crippen molar-refractivity contribution in [3.8, 4) is 0 Å². The molecule has 0 spiro atoms. The number of oxime groups is 1. The van der Waals surface area contributed by atoms with Crippen molar-refractivity contribution in [1.82, 2.24) is 0 Å². The number of rotatable bonds is 5. The molecule has 1 N–H and O–H groups in total. The Hall–Kier alpha value is -2.39. The third kappa shape index (κ3) is 2.81. The average Bonchev–Trinajstić information content (AvgIpc) is 3.02. The fraction of sp³-hybridized carbons (Fsp3) is 0.211. The van der Waals surface area contributed by atoms with Crippen LogP contribution in [0.15, 0.2) is 78.5 Å². The van der Waals surface area contributed by atoms with Gasteiger partial charge < -0.3 is 9.94 Å². The lowest BCUT2D eigenvalue weighted by atomic mass is 9.83. The summed E-state index contributed by atoms with van der Waals surface area (Å²) in [6.07, 6.45) is 1.28. The maximum Gasteiger partial charge on any atom is 0.164 e. The van der Waals surface area contributed by atoms with Gasteiger partial charge in [0, 0.05) is 0 Å². The quantitative estimate of drug-likeness (QED) is 0.851. The monoisotopic (exact) mass is 293 g/mol. The Morgan fingerprint density at radius 1 is 1.05 bits per heavy atom. The van der Waals surface area contributed by atoms with E-state index in [9.17, 15) is 5.11 Å². The van der Waals surface area contributed by atoms with Gasteiger partial charge in [0.15, 0.2) is 6.10 Å². The van der Waals surface area contributed by atoms with Gasteiger partial charge in [-0.05, 0) is 17.5 Å². The van der Waals surface area contributed by atoms with Crippen molar-refractivity contribution in [1.29, 1.82) is 0 Å². The Labute approximate surface area is 130 Å². The minimum atomic E-state index is -0.670. The first-order valence-electron chi connectivity index (χ1n) is 7.43. The fourth-order valence-corrected chi connectivity index (χ4v) is 2.84. The van der Waals surface area contributed by atoms with E-state index >= 15 is 0 Å². The largest absolute Gasteiger partial charge is 0.387 e. The van der Waals surface area contributed by atoms with E-state index in [0.29, 0.717) is 12.1 Å². The number of benzene rings is 2. The summed E-state index contributed by atoms with van der Waals surface area (Å²) < 4.78 is 0. The van der Waals surface area contributed by atoms with Crippen molar-refractivity contribution in [3.63, 3.8) is 0 Å². The molecule has 0 saturated heterocycles. The molecular weight excluding hydrogens is 274 g/mol. The molecule has 0 fully saturated rings. The van der Waals surface area contributed by atoms with Crippen molar-refractivity contribution < 1.29 is 9.94 Å². The summed E-state index contributed by atoms with van der Waals surface area (Å²) in [5.41, 5.74) is 2.82. The minimum Gasteiger partial charge on any atom is -0.387 e. The summed E-state index contributed by atoms with van der Waals surface area (Å²) >= 11 is 0.